The average Bonchev–Trinajstić information content (AvgIpc) is 2.32. The Kier molecular flexibility index (Phi) is 4.75. The predicted molar refractivity (Wildman–Crippen MR) is 80.5 cm³/mol. The lowest BCUT2D eigenvalue weighted by molar-refractivity contribution is -0.134. The molecule has 0 spiro atoms. The molecule has 0 atom stereocenters. The highest BCUT2D eigenvalue weighted by molar-refractivity contribution is 5.76. The zero-order valence-corrected chi connectivity index (χ0v) is 13.2. The predicted octanol–water partition coefficient (Wildman–Crippen LogP) is 1.92. The van der Waals surface area contributed by atoms with Crippen LogP contribution in [0.2, 0.25) is 0 Å². The molecule has 0 unspecified atom stereocenters. The number of piperidine rings is 1. The number of aliphatic hydroxyl groups is 1. The molecule has 2 aliphatic rings. The summed E-state index contributed by atoms with van der Waals surface area (Å²) in [6, 6.07) is 0.457. The zero-order valence-electron chi connectivity index (χ0n) is 13.2. The normalized spacial score (nSPS) is 23.5. The molecule has 1 amide bonds. The fraction of sp³-hybridized carbons (Fsp3) is 0.938. The first-order chi connectivity index (χ1) is 9.27. The van der Waals surface area contributed by atoms with Gasteiger partial charge in [-0.05, 0) is 37.5 Å². The Morgan fingerprint density at radius 3 is 2.35 bits per heavy atom. The minimum Gasteiger partial charge on any atom is -0.389 e. The average molecular weight is 282 g/mol. The molecular weight excluding hydrogens is 252 g/mol. The van der Waals surface area contributed by atoms with Gasteiger partial charge in [0.2, 0.25) is 5.91 Å². The topological polar surface area (TPSA) is 52.6 Å². The standard InChI is InChI=1S/C16H30N2O2/c1-15(2,3)11-14(19)18-9-5-13(6-10-18)17-12-16(20)7-4-8-16/h13,17,20H,4-12H2,1-3H3. The lowest BCUT2D eigenvalue weighted by Crippen LogP contribution is -2.52. The van der Waals surface area contributed by atoms with Crippen LogP contribution in [-0.4, -0.2) is 47.2 Å². The summed E-state index contributed by atoms with van der Waals surface area (Å²) in [5.41, 5.74) is -0.376. The first kappa shape index (κ1) is 15.8. The molecule has 1 saturated carbocycles. The minimum absolute atomic E-state index is 0.0691. The van der Waals surface area contributed by atoms with Crippen LogP contribution in [0.4, 0.5) is 0 Å². The van der Waals surface area contributed by atoms with Gasteiger partial charge in [0.1, 0.15) is 0 Å². The van der Waals surface area contributed by atoms with Crippen LogP contribution in [0.15, 0.2) is 0 Å². The van der Waals surface area contributed by atoms with Crippen LogP contribution in [-0.2, 0) is 4.79 Å². The van der Waals surface area contributed by atoms with Crippen molar-refractivity contribution in [2.75, 3.05) is 19.6 Å². The molecule has 0 bridgehead atoms. The minimum atomic E-state index is -0.445. The third-order valence-corrected chi connectivity index (χ3v) is 4.53. The molecular formula is C16H30N2O2. The van der Waals surface area contributed by atoms with Gasteiger partial charge in [-0.1, -0.05) is 20.8 Å². The summed E-state index contributed by atoms with van der Waals surface area (Å²) in [4.78, 5) is 14.2. The maximum absolute atomic E-state index is 12.2. The second-order valence-corrected chi connectivity index (χ2v) is 7.85. The van der Waals surface area contributed by atoms with E-state index in [-0.39, 0.29) is 11.3 Å². The van der Waals surface area contributed by atoms with Crippen LogP contribution >= 0.6 is 0 Å². The van der Waals surface area contributed by atoms with Gasteiger partial charge in [-0.2, -0.15) is 0 Å². The van der Waals surface area contributed by atoms with E-state index in [2.05, 4.69) is 26.1 Å². The Bertz CT molecular complexity index is 337. The highest BCUT2D eigenvalue weighted by Crippen LogP contribution is 2.31. The number of carbonyl (C=O) groups is 1. The first-order valence-corrected chi connectivity index (χ1v) is 8.01. The van der Waals surface area contributed by atoms with Crippen molar-refractivity contribution in [1.82, 2.24) is 10.2 Å². The van der Waals surface area contributed by atoms with E-state index >= 15 is 0 Å². The van der Waals surface area contributed by atoms with Crippen molar-refractivity contribution in [2.45, 2.75) is 70.9 Å². The van der Waals surface area contributed by atoms with Gasteiger partial charge in [0, 0.05) is 32.1 Å². The number of hydrogen-bond acceptors (Lipinski definition) is 3. The van der Waals surface area contributed by atoms with E-state index in [0.29, 0.717) is 19.0 Å². The molecule has 1 aliphatic carbocycles. The molecule has 0 aromatic rings. The molecule has 1 saturated heterocycles. The lowest BCUT2D eigenvalue weighted by atomic mass is 9.80. The molecule has 1 aliphatic heterocycles. The van der Waals surface area contributed by atoms with E-state index < -0.39 is 5.60 Å². The maximum Gasteiger partial charge on any atom is 0.223 e. The number of hydrogen-bond donors (Lipinski definition) is 2. The summed E-state index contributed by atoms with van der Waals surface area (Å²) in [5.74, 6) is 0.286. The van der Waals surface area contributed by atoms with Gasteiger partial charge in [-0.25, -0.2) is 0 Å². The smallest absolute Gasteiger partial charge is 0.223 e. The van der Waals surface area contributed by atoms with Gasteiger partial charge in [0.15, 0.2) is 0 Å². The molecule has 2 rings (SSSR count). The SMILES string of the molecule is CC(C)(C)CC(=O)N1CCC(NCC2(O)CCC2)CC1. The van der Waals surface area contributed by atoms with Gasteiger partial charge in [-0.15, -0.1) is 0 Å². The largest absolute Gasteiger partial charge is 0.389 e. The summed E-state index contributed by atoms with van der Waals surface area (Å²) < 4.78 is 0. The van der Waals surface area contributed by atoms with Crippen LogP contribution in [0.1, 0.15) is 59.3 Å². The van der Waals surface area contributed by atoms with E-state index in [1.54, 1.807) is 0 Å². The number of nitrogens with zero attached hydrogens (tertiary/aromatic N) is 1. The molecule has 0 aromatic heterocycles. The molecule has 116 valence electrons. The van der Waals surface area contributed by atoms with E-state index in [1.165, 1.54) is 0 Å². The van der Waals surface area contributed by atoms with Crippen molar-refractivity contribution in [3.05, 3.63) is 0 Å². The van der Waals surface area contributed by atoms with Crippen molar-refractivity contribution in [1.29, 1.82) is 0 Å². The Labute approximate surface area is 122 Å². The van der Waals surface area contributed by atoms with E-state index in [4.69, 9.17) is 0 Å². The van der Waals surface area contributed by atoms with Crippen LogP contribution in [0, 0.1) is 5.41 Å². The van der Waals surface area contributed by atoms with Gasteiger partial charge < -0.3 is 15.3 Å². The molecule has 2 N–H and O–H groups in total. The highest BCUT2D eigenvalue weighted by atomic mass is 16.3. The van der Waals surface area contributed by atoms with Crippen LogP contribution in [0.25, 0.3) is 0 Å². The molecule has 20 heavy (non-hydrogen) atoms. The summed E-state index contributed by atoms with van der Waals surface area (Å²) in [6.45, 7) is 8.75. The Morgan fingerprint density at radius 2 is 1.90 bits per heavy atom. The Morgan fingerprint density at radius 1 is 1.30 bits per heavy atom. The molecule has 0 aromatic carbocycles. The molecule has 0 radical (unpaired) electrons. The fourth-order valence-electron chi connectivity index (χ4n) is 2.99. The lowest BCUT2D eigenvalue weighted by Gasteiger charge is -2.40. The van der Waals surface area contributed by atoms with Gasteiger partial charge >= 0.3 is 0 Å². The van der Waals surface area contributed by atoms with E-state index in [1.807, 2.05) is 4.90 Å². The molecule has 2 fully saturated rings. The van der Waals surface area contributed by atoms with Crippen molar-refractivity contribution in [2.24, 2.45) is 5.41 Å². The first-order valence-electron chi connectivity index (χ1n) is 8.01. The number of rotatable bonds is 4. The van der Waals surface area contributed by atoms with Gasteiger partial charge in [0.25, 0.3) is 0 Å². The van der Waals surface area contributed by atoms with Crippen molar-refractivity contribution in [3.63, 3.8) is 0 Å². The zero-order chi connectivity index (χ0) is 14.8. The van der Waals surface area contributed by atoms with Crippen LogP contribution in [0.3, 0.4) is 0 Å². The Hall–Kier alpha value is -0.610. The molecule has 4 heteroatoms. The Balaban J connectivity index is 1.68. The maximum atomic E-state index is 12.2. The fourth-order valence-corrected chi connectivity index (χ4v) is 2.99. The van der Waals surface area contributed by atoms with Gasteiger partial charge in [0.05, 0.1) is 5.60 Å². The van der Waals surface area contributed by atoms with E-state index in [0.717, 1.165) is 45.2 Å². The summed E-state index contributed by atoms with van der Waals surface area (Å²) >= 11 is 0. The summed E-state index contributed by atoms with van der Waals surface area (Å²) in [5, 5.41) is 13.6. The van der Waals surface area contributed by atoms with Crippen LogP contribution in [0.5, 0.6) is 0 Å². The summed E-state index contributed by atoms with van der Waals surface area (Å²) in [6.07, 6.45) is 5.66. The third-order valence-electron chi connectivity index (χ3n) is 4.53. The van der Waals surface area contributed by atoms with E-state index in [9.17, 15) is 9.90 Å². The van der Waals surface area contributed by atoms with Crippen molar-refractivity contribution in [3.8, 4) is 0 Å². The number of carbonyl (C=O) groups excluding carboxylic acids is 1. The van der Waals surface area contributed by atoms with Crippen molar-refractivity contribution >= 4 is 5.91 Å². The monoisotopic (exact) mass is 282 g/mol. The second kappa shape index (κ2) is 6.02. The van der Waals surface area contributed by atoms with Crippen LogP contribution < -0.4 is 5.32 Å². The number of likely N-dealkylation sites (tertiary alicyclic amines) is 1. The number of nitrogens with one attached hydrogen (secondary N) is 1. The molecule has 1 heterocycles. The third kappa shape index (κ3) is 4.45. The van der Waals surface area contributed by atoms with Crippen molar-refractivity contribution < 1.29 is 9.90 Å². The second-order valence-electron chi connectivity index (χ2n) is 7.85. The quantitative estimate of drug-likeness (QED) is 0.828. The number of amides is 1. The van der Waals surface area contributed by atoms with Gasteiger partial charge in [-0.3, -0.25) is 4.79 Å². The molecule has 4 nitrogen and oxygen atoms in total. The highest BCUT2D eigenvalue weighted by Gasteiger charge is 2.35. The summed E-state index contributed by atoms with van der Waals surface area (Å²) in [7, 11) is 0.